The van der Waals surface area contributed by atoms with Gasteiger partial charge in [-0.15, -0.1) is 0 Å². The monoisotopic (exact) mass is 335 g/mol. The van der Waals surface area contributed by atoms with Gasteiger partial charge in [0.15, 0.2) is 0 Å². The summed E-state index contributed by atoms with van der Waals surface area (Å²) in [5.41, 5.74) is 10.6. The Kier molecular flexibility index (Phi) is 21.6. The van der Waals surface area contributed by atoms with Gasteiger partial charge in [0.05, 0.1) is 0 Å². The van der Waals surface area contributed by atoms with Gasteiger partial charge in [0.25, 0.3) is 0 Å². The molecule has 0 atom stereocenters. The van der Waals surface area contributed by atoms with E-state index < -0.39 is 11.9 Å². The molecule has 0 bridgehead atoms. The molecule has 0 spiro atoms. The van der Waals surface area contributed by atoms with Crippen LogP contribution in [-0.4, -0.2) is 74.5 Å². The van der Waals surface area contributed by atoms with Crippen LogP contribution in [0.15, 0.2) is 0 Å². The van der Waals surface area contributed by atoms with Crippen LogP contribution in [0.1, 0.15) is 25.7 Å². The number of nitrogens with one attached hydrogen (secondary N) is 3. The summed E-state index contributed by atoms with van der Waals surface area (Å²) >= 11 is 0. The van der Waals surface area contributed by atoms with Crippen molar-refractivity contribution in [3.05, 3.63) is 0 Å². The number of rotatable bonds is 15. The number of unbranched alkanes of at least 4 members (excludes halogenated alkanes) is 1. The van der Waals surface area contributed by atoms with E-state index in [0.717, 1.165) is 39.3 Å². The highest BCUT2D eigenvalue weighted by Crippen LogP contribution is 1.98. The van der Waals surface area contributed by atoms with E-state index in [1.165, 1.54) is 0 Å². The topological polar surface area (TPSA) is 163 Å². The second-order valence-corrected chi connectivity index (χ2v) is 4.82. The Labute approximate surface area is 138 Å². The molecular formula is C14H33N5O4. The van der Waals surface area contributed by atoms with Gasteiger partial charge in [-0.3, -0.25) is 9.59 Å². The summed E-state index contributed by atoms with van der Waals surface area (Å²) in [5, 5.41) is 26.0. The van der Waals surface area contributed by atoms with Gasteiger partial charge in [-0.05, 0) is 12.8 Å². The normalized spacial score (nSPS) is 10.0. The zero-order chi connectivity index (χ0) is 17.8. The summed E-state index contributed by atoms with van der Waals surface area (Å²) in [6.45, 7) is 7.15. The molecule has 0 aliphatic rings. The van der Waals surface area contributed by atoms with Gasteiger partial charge in [0.1, 0.15) is 0 Å². The number of carboxylic acid groups (broad SMARTS) is 2. The number of carbonyl (C=O) groups is 2. The van der Waals surface area contributed by atoms with E-state index in [1.54, 1.807) is 0 Å². The summed E-state index contributed by atoms with van der Waals surface area (Å²) in [5.74, 6) is -1.74. The van der Waals surface area contributed by atoms with E-state index in [1.807, 2.05) is 0 Å². The standard InChI is InChI=1S/C8H23N5.C6H10O4/c9-1-3-11-5-7-13-8-6-12-4-2-10;7-5(8)3-1-2-4-6(9)10/h11-13H,1-10H2;1-4H2,(H,7,8)(H,9,10). The van der Waals surface area contributed by atoms with Crippen molar-refractivity contribution in [3.63, 3.8) is 0 Å². The van der Waals surface area contributed by atoms with Crippen molar-refractivity contribution >= 4 is 11.9 Å². The molecule has 9 heteroatoms. The van der Waals surface area contributed by atoms with Crippen molar-refractivity contribution in [2.24, 2.45) is 11.5 Å². The molecule has 0 saturated carbocycles. The van der Waals surface area contributed by atoms with Crippen LogP contribution in [-0.2, 0) is 9.59 Å². The molecule has 0 fully saturated rings. The molecule has 0 saturated heterocycles. The number of carboxylic acids is 2. The van der Waals surface area contributed by atoms with Crippen molar-refractivity contribution in [3.8, 4) is 0 Å². The molecule has 0 radical (unpaired) electrons. The van der Waals surface area contributed by atoms with Crippen molar-refractivity contribution in [2.75, 3.05) is 52.4 Å². The fourth-order valence-electron chi connectivity index (χ4n) is 1.49. The maximum absolute atomic E-state index is 9.90. The summed E-state index contributed by atoms with van der Waals surface area (Å²) in [7, 11) is 0. The predicted octanol–water partition coefficient (Wildman–Crippen LogP) is -1.61. The van der Waals surface area contributed by atoms with Crippen LogP contribution in [0.5, 0.6) is 0 Å². The number of nitrogens with two attached hydrogens (primary N) is 2. The van der Waals surface area contributed by atoms with Gasteiger partial charge < -0.3 is 37.6 Å². The van der Waals surface area contributed by atoms with Gasteiger partial charge in [-0.1, -0.05) is 0 Å². The third-order valence-electron chi connectivity index (χ3n) is 2.63. The summed E-state index contributed by atoms with van der Waals surface area (Å²) in [6.07, 6.45) is 1.02. The number of hydrogen-bond acceptors (Lipinski definition) is 7. The summed E-state index contributed by atoms with van der Waals surface area (Å²) in [4.78, 5) is 19.8. The SMILES string of the molecule is NCCNCCNCCNCCN.O=C(O)CCCCC(=O)O. The van der Waals surface area contributed by atoms with E-state index in [0.29, 0.717) is 25.9 Å². The van der Waals surface area contributed by atoms with E-state index in [2.05, 4.69) is 16.0 Å². The fraction of sp³-hybridized carbons (Fsp3) is 0.857. The van der Waals surface area contributed by atoms with Crippen molar-refractivity contribution in [2.45, 2.75) is 25.7 Å². The minimum atomic E-state index is -0.870. The van der Waals surface area contributed by atoms with Gasteiger partial charge >= 0.3 is 11.9 Å². The molecule has 0 unspecified atom stereocenters. The molecule has 0 amide bonds. The Morgan fingerprint density at radius 1 is 0.652 bits per heavy atom. The first-order valence-corrected chi connectivity index (χ1v) is 8.00. The minimum Gasteiger partial charge on any atom is -0.481 e. The molecule has 9 nitrogen and oxygen atoms in total. The molecule has 0 rings (SSSR count). The van der Waals surface area contributed by atoms with Crippen LogP contribution >= 0.6 is 0 Å². The number of aliphatic carboxylic acids is 2. The molecule has 0 aromatic heterocycles. The van der Waals surface area contributed by atoms with Gasteiger partial charge in [-0.25, -0.2) is 0 Å². The average molecular weight is 335 g/mol. The lowest BCUT2D eigenvalue weighted by atomic mass is 10.2. The predicted molar refractivity (Wildman–Crippen MR) is 90.5 cm³/mol. The fourth-order valence-corrected chi connectivity index (χ4v) is 1.49. The lowest BCUT2D eigenvalue weighted by molar-refractivity contribution is -0.139. The van der Waals surface area contributed by atoms with Gasteiger partial charge in [0.2, 0.25) is 0 Å². The third kappa shape index (κ3) is 29.4. The van der Waals surface area contributed by atoms with Crippen LogP contribution in [0, 0.1) is 0 Å². The molecule has 9 N–H and O–H groups in total. The van der Waals surface area contributed by atoms with E-state index >= 15 is 0 Å². The summed E-state index contributed by atoms with van der Waals surface area (Å²) in [6, 6.07) is 0. The highest BCUT2D eigenvalue weighted by molar-refractivity contribution is 5.67. The first-order chi connectivity index (χ1) is 11.0. The molecule has 0 heterocycles. The van der Waals surface area contributed by atoms with E-state index in [9.17, 15) is 9.59 Å². The van der Waals surface area contributed by atoms with Crippen molar-refractivity contribution in [1.29, 1.82) is 0 Å². The van der Waals surface area contributed by atoms with Gasteiger partial charge in [-0.2, -0.15) is 0 Å². The Morgan fingerprint density at radius 3 is 1.22 bits per heavy atom. The zero-order valence-electron chi connectivity index (χ0n) is 13.9. The average Bonchev–Trinajstić information content (AvgIpc) is 2.50. The highest BCUT2D eigenvalue weighted by Gasteiger charge is 1.99. The first-order valence-electron chi connectivity index (χ1n) is 8.00. The molecule has 0 aliphatic heterocycles. The first kappa shape index (κ1) is 24.0. The molecule has 138 valence electrons. The van der Waals surface area contributed by atoms with Crippen LogP contribution < -0.4 is 27.4 Å². The van der Waals surface area contributed by atoms with E-state index in [-0.39, 0.29) is 12.8 Å². The van der Waals surface area contributed by atoms with Crippen LogP contribution in [0.4, 0.5) is 0 Å². The molecule has 0 aromatic carbocycles. The largest absolute Gasteiger partial charge is 0.481 e. The Morgan fingerprint density at radius 2 is 0.957 bits per heavy atom. The second kappa shape index (κ2) is 20.7. The highest BCUT2D eigenvalue weighted by atomic mass is 16.4. The maximum Gasteiger partial charge on any atom is 0.303 e. The summed E-state index contributed by atoms with van der Waals surface area (Å²) < 4.78 is 0. The quantitative estimate of drug-likeness (QED) is 0.174. The lowest BCUT2D eigenvalue weighted by Gasteiger charge is -2.06. The van der Waals surface area contributed by atoms with Gasteiger partial charge in [0, 0.05) is 65.2 Å². The van der Waals surface area contributed by atoms with Crippen LogP contribution in [0.2, 0.25) is 0 Å². The van der Waals surface area contributed by atoms with Crippen LogP contribution in [0.25, 0.3) is 0 Å². The van der Waals surface area contributed by atoms with Crippen molar-refractivity contribution < 1.29 is 19.8 Å². The molecule has 0 aromatic rings. The van der Waals surface area contributed by atoms with Crippen LogP contribution in [0.3, 0.4) is 0 Å². The Bertz CT molecular complexity index is 254. The lowest BCUT2D eigenvalue weighted by Crippen LogP contribution is -2.35. The maximum atomic E-state index is 9.90. The number of hydrogen-bond donors (Lipinski definition) is 7. The smallest absolute Gasteiger partial charge is 0.303 e. The molecule has 0 aliphatic carbocycles. The molecule has 23 heavy (non-hydrogen) atoms. The Balaban J connectivity index is 0. The van der Waals surface area contributed by atoms with Crippen molar-refractivity contribution in [1.82, 2.24) is 16.0 Å². The minimum absolute atomic E-state index is 0.0628. The third-order valence-corrected chi connectivity index (χ3v) is 2.63. The zero-order valence-corrected chi connectivity index (χ0v) is 13.9. The Hall–Kier alpha value is -1.26. The van der Waals surface area contributed by atoms with E-state index in [4.69, 9.17) is 21.7 Å². The molecular weight excluding hydrogens is 302 g/mol. The second-order valence-electron chi connectivity index (χ2n) is 4.82.